The number of hydrogen-bond donors (Lipinski definition) is 1. The molecule has 4 nitrogen and oxygen atoms in total. The summed E-state index contributed by atoms with van der Waals surface area (Å²) in [5.41, 5.74) is 6.77. The van der Waals surface area contributed by atoms with Gasteiger partial charge in [0.1, 0.15) is 5.69 Å². The molecule has 0 aliphatic rings. The first kappa shape index (κ1) is 12.6. The van der Waals surface area contributed by atoms with E-state index in [0.29, 0.717) is 30.5 Å². The van der Waals surface area contributed by atoms with Crippen LogP contribution in [0.1, 0.15) is 37.7 Å². The molecular weight excluding hydrogens is 204 g/mol. The molecule has 0 aliphatic heterocycles. The number of esters is 1. The average Bonchev–Trinajstić information content (AvgIpc) is 2.66. The molecule has 1 atom stereocenters. The molecule has 1 heterocycles. The Hall–Kier alpha value is -1.45. The SMILES string of the molecule is CCC(C)COC(=O)c1cc(N)cn1CC. The number of nitrogen functional groups attached to an aromatic ring is 1. The second-order valence-electron chi connectivity index (χ2n) is 4.06. The van der Waals surface area contributed by atoms with Crippen molar-refractivity contribution >= 4 is 11.7 Å². The van der Waals surface area contributed by atoms with Gasteiger partial charge in [-0.2, -0.15) is 0 Å². The zero-order valence-electron chi connectivity index (χ0n) is 10.2. The van der Waals surface area contributed by atoms with Crippen LogP contribution in [0.5, 0.6) is 0 Å². The van der Waals surface area contributed by atoms with E-state index in [1.807, 2.05) is 6.92 Å². The standard InChI is InChI=1S/C12H20N2O2/c1-4-9(3)8-16-12(15)11-6-10(13)7-14(11)5-2/h6-7,9H,4-5,8,13H2,1-3H3. The minimum atomic E-state index is -0.293. The van der Waals surface area contributed by atoms with Gasteiger partial charge in [0.05, 0.1) is 12.3 Å². The van der Waals surface area contributed by atoms with E-state index in [1.165, 1.54) is 0 Å². The van der Waals surface area contributed by atoms with Gasteiger partial charge in [0, 0.05) is 12.7 Å². The average molecular weight is 224 g/mol. The summed E-state index contributed by atoms with van der Waals surface area (Å²) in [5, 5.41) is 0. The third-order valence-electron chi connectivity index (χ3n) is 2.66. The van der Waals surface area contributed by atoms with Gasteiger partial charge in [0.25, 0.3) is 0 Å². The molecule has 2 N–H and O–H groups in total. The highest BCUT2D eigenvalue weighted by atomic mass is 16.5. The lowest BCUT2D eigenvalue weighted by Crippen LogP contribution is -2.15. The molecule has 4 heteroatoms. The third-order valence-corrected chi connectivity index (χ3v) is 2.66. The molecule has 90 valence electrons. The van der Waals surface area contributed by atoms with Gasteiger partial charge in [-0.1, -0.05) is 20.3 Å². The van der Waals surface area contributed by atoms with Crippen LogP contribution in [0.25, 0.3) is 0 Å². The largest absolute Gasteiger partial charge is 0.461 e. The minimum Gasteiger partial charge on any atom is -0.461 e. The predicted molar refractivity (Wildman–Crippen MR) is 64.3 cm³/mol. The van der Waals surface area contributed by atoms with Gasteiger partial charge >= 0.3 is 5.97 Å². The molecule has 0 radical (unpaired) electrons. The molecule has 0 fully saturated rings. The highest BCUT2D eigenvalue weighted by molar-refractivity contribution is 5.89. The van der Waals surface area contributed by atoms with E-state index in [-0.39, 0.29) is 5.97 Å². The molecule has 0 aromatic carbocycles. The van der Waals surface area contributed by atoms with E-state index >= 15 is 0 Å². The lowest BCUT2D eigenvalue weighted by molar-refractivity contribution is 0.0435. The van der Waals surface area contributed by atoms with Gasteiger partial charge in [-0.3, -0.25) is 0 Å². The molecule has 0 amide bonds. The van der Waals surface area contributed by atoms with Gasteiger partial charge in [-0.05, 0) is 18.9 Å². The van der Waals surface area contributed by atoms with Crippen LogP contribution in [0, 0.1) is 5.92 Å². The Morgan fingerprint density at radius 1 is 1.56 bits per heavy atom. The van der Waals surface area contributed by atoms with Crippen molar-refractivity contribution in [2.45, 2.75) is 33.7 Å². The number of nitrogens with zero attached hydrogens (tertiary/aromatic N) is 1. The summed E-state index contributed by atoms with van der Waals surface area (Å²) in [6.07, 6.45) is 2.75. The maximum atomic E-state index is 11.8. The van der Waals surface area contributed by atoms with Crippen molar-refractivity contribution in [3.8, 4) is 0 Å². The fourth-order valence-corrected chi connectivity index (χ4v) is 1.38. The van der Waals surface area contributed by atoms with Crippen molar-refractivity contribution in [2.24, 2.45) is 5.92 Å². The summed E-state index contributed by atoms with van der Waals surface area (Å²) in [4.78, 5) is 11.8. The number of carbonyl (C=O) groups is 1. The Labute approximate surface area is 96.4 Å². The molecule has 0 bridgehead atoms. The Morgan fingerprint density at radius 3 is 2.81 bits per heavy atom. The van der Waals surface area contributed by atoms with Crippen LogP contribution in [0.3, 0.4) is 0 Å². The van der Waals surface area contributed by atoms with Crippen molar-refractivity contribution in [1.82, 2.24) is 4.57 Å². The van der Waals surface area contributed by atoms with E-state index in [0.717, 1.165) is 6.42 Å². The highest BCUT2D eigenvalue weighted by Crippen LogP contribution is 2.12. The maximum absolute atomic E-state index is 11.8. The smallest absolute Gasteiger partial charge is 0.355 e. The van der Waals surface area contributed by atoms with Crippen molar-refractivity contribution in [1.29, 1.82) is 0 Å². The second kappa shape index (κ2) is 5.58. The summed E-state index contributed by atoms with van der Waals surface area (Å²) in [6.45, 7) is 7.27. The fourth-order valence-electron chi connectivity index (χ4n) is 1.38. The van der Waals surface area contributed by atoms with Gasteiger partial charge < -0.3 is 15.0 Å². The van der Waals surface area contributed by atoms with Crippen LogP contribution in [0.4, 0.5) is 5.69 Å². The summed E-state index contributed by atoms with van der Waals surface area (Å²) in [5.74, 6) is 0.102. The van der Waals surface area contributed by atoms with Crippen LogP contribution < -0.4 is 5.73 Å². The molecule has 1 aromatic heterocycles. The number of hydrogen-bond acceptors (Lipinski definition) is 3. The molecule has 0 aliphatic carbocycles. The number of aromatic nitrogens is 1. The van der Waals surface area contributed by atoms with Crippen LogP contribution in [0.2, 0.25) is 0 Å². The van der Waals surface area contributed by atoms with E-state index in [9.17, 15) is 4.79 Å². The maximum Gasteiger partial charge on any atom is 0.355 e. The Bertz CT molecular complexity index is 358. The van der Waals surface area contributed by atoms with Gasteiger partial charge in [-0.15, -0.1) is 0 Å². The van der Waals surface area contributed by atoms with Crippen molar-refractivity contribution in [2.75, 3.05) is 12.3 Å². The van der Waals surface area contributed by atoms with Crippen molar-refractivity contribution in [3.63, 3.8) is 0 Å². The fraction of sp³-hybridized carbons (Fsp3) is 0.583. The number of ether oxygens (including phenoxy) is 1. The Morgan fingerprint density at radius 2 is 2.25 bits per heavy atom. The second-order valence-corrected chi connectivity index (χ2v) is 4.06. The van der Waals surface area contributed by atoms with E-state index in [2.05, 4.69) is 13.8 Å². The van der Waals surface area contributed by atoms with Crippen LogP contribution in [-0.4, -0.2) is 17.1 Å². The minimum absolute atomic E-state index is 0.293. The number of aryl methyl sites for hydroxylation is 1. The molecule has 0 spiro atoms. The zero-order valence-corrected chi connectivity index (χ0v) is 10.2. The Balaban J connectivity index is 2.65. The molecule has 1 aromatic rings. The highest BCUT2D eigenvalue weighted by Gasteiger charge is 2.14. The van der Waals surface area contributed by atoms with Gasteiger partial charge in [0.15, 0.2) is 0 Å². The van der Waals surface area contributed by atoms with Crippen molar-refractivity contribution in [3.05, 3.63) is 18.0 Å². The summed E-state index contributed by atoms with van der Waals surface area (Å²) >= 11 is 0. The predicted octanol–water partition coefficient (Wildman–Crippen LogP) is 2.29. The van der Waals surface area contributed by atoms with Crippen LogP contribution in [-0.2, 0) is 11.3 Å². The van der Waals surface area contributed by atoms with Gasteiger partial charge in [-0.25, -0.2) is 4.79 Å². The lowest BCUT2D eigenvalue weighted by Gasteiger charge is -2.10. The summed E-state index contributed by atoms with van der Waals surface area (Å²) < 4.78 is 7.02. The van der Waals surface area contributed by atoms with E-state index in [1.54, 1.807) is 16.8 Å². The Kier molecular flexibility index (Phi) is 4.40. The van der Waals surface area contributed by atoms with Gasteiger partial charge in [0.2, 0.25) is 0 Å². The summed E-state index contributed by atoms with van der Waals surface area (Å²) in [7, 11) is 0. The molecule has 0 saturated heterocycles. The molecule has 1 unspecified atom stereocenters. The zero-order chi connectivity index (χ0) is 12.1. The van der Waals surface area contributed by atoms with E-state index in [4.69, 9.17) is 10.5 Å². The first-order chi connectivity index (χ1) is 7.58. The van der Waals surface area contributed by atoms with Crippen LogP contribution >= 0.6 is 0 Å². The molecular formula is C12H20N2O2. The summed E-state index contributed by atoms with van der Waals surface area (Å²) in [6, 6.07) is 1.66. The van der Waals surface area contributed by atoms with Crippen molar-refractivity contribution < 1.29 is 9.53 Å². The number of carbonyl (C=O) groups excluding carboxylic acids is 1. The first-order valence-electron chi connectivity index (χ1n) is 5.71. The normalized spacial score (nSPS) is 12.4. The molecule has 1 rings (SSSR count). The molecule has 0 saturated carbocycles. The lowest BCUT2D eigenvalue weighted by atomic mass is 10.1. The van der Waals surface area contributed by atoms with Crippen LogP contribution in [0.15, 0.2) is 12.3 Å². The number of nitrogens with two attached hydrogens (primary N) is 1. The molecule has 16 heavy (non-hydrogen) atoms. The monoisotopic (exact) mass is 224 g/mol. The topological polar surface area (TPSA) is 57.2 Å². The van der Waals surface area contributed by atoms with E-state index < -0.39 is 0 Å². The number of anilines is 1. The first-order valence-corrected chi connectivity index (χ1v) is 5.71. The number of rotatable bonds is 5. The quantitative estimate of drug-likeness (QED) is 0.781. The third kappa shape index (κ3) is 3.02.